The number of nitrogens with one attached hydrogen (secondary N) is 1. The minimum atomic E-state index is -3.67. The molecule has 0 radical (unpaired) electrons. The SMILES string of the molecule is CCOc1ccccc1NC(=O)c1ccc(S(=O)(=O)N2CCN(C=O)CC2)cc1. The molecule has 154 valence electrons. The van der Waals surface area contributed by atoms with Gasteiger partial charge >= 0.3 is 0 Å². The van der Waals surface area contributed by atoms with E-state index >= 15 is 0 Å². The zero-order chi connectivity index (χ0) is 20.9. The minimum absolute atomic E-state index is 0.114. The predicted octanol–water partition coefficient (Wildman–Crippen LogP) is 1.80. The van der Waals surface area contributed by atoms with Crippen molar-refractivity contribution < 1.29 is 22.7 Å². The van der Waals surface area contributed by atoms with Crippen molar-refractivity contribution in [3.8, 4) is 5.75 Å². The Bertz CT molecular complexity index is 968. The number of hydrogen-bond acceptors (Lipinski definition) is 5. The van der Waals surface area contributed by atoms with Crippen molar-refractivity contribution in [1.82, 2.24) is 9.21 Å². The molecule has 0 aliphatic carbocycles. The van der Waals surface area contributed by atoms with Crippen LogP contribution in [0.25, 0.3) is 0 Å². The van der Waals surface area contributed by atoms with E-state index in [0.717, 1.165) is 6.41 Å². The molecule has 0 unspecified atom stereocenters. The van der Waals surface area contributed by atoms with Crippen molar-refractivity contribution in [3.63, 3.8) is 0 Å². The van der Waals surface area contributed by atoms with E-state index in [4.69, 9.17) is 4.74 Å². The molecule has 2 amide bonds. The largest absolute Gasteiger partial charge is 0.492 e. The van der Waals surface area contributed by atoms with Crippen molar-refractivity contribution in [3.05, 3.63) is 54.1 Å². The fourth-order valence-electron chi connectivity index (χ4n) is 3.02. The quantitative estimate of drug-likeness (QED) is 0.693. The molecule has 1 N–H and O–H groups in total. The topological polar surface area (TPSA) is 96.0 Å². The summed E-state index contributed by atoms with van der Waals surface area (Å²) in [6.07, 6.45) is 0.723. The van der Waals surface area contributed by atoms with Gasteiger partial charge in [-0.05, 0) is 43.3 Å². The molecule has 9 heteroatoms. The third-order valence-electron chi connectivity index (χ3n) is 4.61. The van der Waals surface area contributed by atoms with Crippen LogP contribution >= 0.6 is 0 Å². The second-order valence-corrected chi connectivity index (χ2v) is 8.39. The molecule has 1 saturated heterocycles. The summed E-state index contributed by atoms with van der Waals surface area (Å²) in [6.45, 7) is 3.55. The molecule has 1 aliphatic heterocycles. The summed E-state index contributed by atoms with van der Waals surface area (Å²) >= 11 is 0. The maximum absolute atomic E-state index is 12.8. The van der Waals surface area contributed by atoms with E-state index < -0.39 is 10.0 Å². The number of ether oxygens (including phenoxy) is 1. The number of benzene rings is 2. The van der Waals surface area contributed by atoms with Gasteiger partial charge in [-0.25, -0.2) is 8.42 Å². The van der Waals surface area contributed by atoms with Gasteiger partial charge in [0.1, 0.15) is 5.75 Å². The first-order valence-corrected chi connectivity index (χ1v) is 10.7. The second-order valence-electron chi connectivity index (χ2n) is 6.45. The summed E-state index contributed by atoms with van der Waals surface area (Å²) in [5, 5.41) is 2.78. The lowest BCUT2D eigenvalue weighted by molar-refractivity contribution is -0.119. The van der Waals surface area contributed by atoms with Gasteiger partial charge in [-0.1, -0.05) is 12.1 Å². The third-order valence-corrected chi connectivity index (χ3v) is 6.52. The maximum Gasteiger partial charge on any atom is 0.255 e. The Morgan fingerprint density at radius 2 is 1.72 bits per heavy atom. The number of hydrogen-bond donors (Lipinski definition) is 1. The average Bonchev–Trinajstić information content (AvgIpc) is 2.75. The number of nitrogens with zero attached hydrogens (tertiary/aromatic N) is 2. The number of carbonyl (C=O) groups excluding carboxylic acids is 2. The first-order chi connectivity index (χ1) is 14.0. The van der Waals surface area contributed by atoms with Gasteiger partial charge in [-0.2, -0.15) is 4.31 Å². The van der Waals surface area contributed by atoms with E-state index in [0.29, 0.717) is 36.7 Å². The lowest BCUT2D eigenvalue weighted by Gasteiger charge is -2.31. The Kier molecular flexibility index (Phi) is 6.50. The standard InChI is InChI=1S/C20H23N3O5S/c1-2-28-19-6-4-3-5-18(19)21-20(25)16-7-9-17(10-8-16)29(26,27)23-13-11-22(15-24)12-14-23/h3-10,15H,2,11-14H2,1H3,(H,21,25). The van der Waals surface area contributed by atoms with Crippen LogP contribution in [0.1, 0.15) is 17.3 Å². The van der Waals surface area contributed by atoms with Crippen LogP contribution in [-0.4, -0.2) is 62.7 Å². The van der Waals surface area contributed by atoms with E-state index in [1.807, 2.05) is 13.0 Å². The van der Waals surface area contributed by atoms with Crippen LogP contribution in [0.2, 0.25) is 0 Å². The second kappa shape index (κ2) is 9.06. The van der Waals surface area contributed by atoms with Gasteiger partial charge in [-0.15, -0.1) is 0 Å². The zero-order valence-electron chi connectivity index (χ0n) is 16.1. The number of rotatable bonds is 7. The average molecular weight is 417 g/mol. The highest BCUT2D eigenvalue weighted by atomic mass is 32.2. The van der Waals surface area contributed by atoms with Crippen LogP contribution in [0.3, 0.4) is 0 Å². The molecule has 2 aromatic rings. The highest BCUT2D eigenvalue weighted by Crippen LogP contribution is 2.25. The highest BCUT2D eigenvalue weighted by molar-refractivity contribution is 7.89. The normalized spacial score (nSPS) is 15.0. The molecule has 0 saturated carbocycles. The number of para-hydroxylation sites is 2. The number of piperazine rings is 1. The van der Waals surface area contributed by atoms with Gasteiger partial charge in [-0.3, -0.25) is 9.59 Å². The fraction of sp³-hybridized carbons (Fsp3) is 0.300. The zero-order valence-corrected chi connectivity index (χ0v) is 16.9. The lowest BCUT2D eigenvalue weighted by atomic mass is 10.2. The van der Waals surface area contributed by atoms with Crippen LogP contribution in [0.15, 0.2) is 53.4 Å². The van der Waals surface area contributed by atoms with Crippen molar-refractivity contribution in [2.45, 2.75) is 11.8 Å². The molecule has 3 rings (SSSR count). The van der Waals surface area contributed by atoms with Crippen LogP contribution in [0, 0.1) is 0 Å². The summed E-state index contributed by atoms with van der Waals surface area (Å²) in [5.41, 5.74) is 0.880. The fourth-order valence-corrected chi connectivity index (χ4v) is 4.44. The van der Waals surface area contributed by atoms with E-state index in [1.54, 1.807) is 23.1 Å². The smallest absolute Gasteiger partial charge is 0.255 e. The Labute approximate surface area is 170 Å². The van der Waals surface area contributed by atoms with Gasteiger partial charge < -0.3 is 15.0 Å². The summed E-state index contributed by atoms with van der Waals surface area (Å²) < 4.78 is 32.4. The number of amides is 2. The van der Waals surface area contributed by atoms with Crippen LogP contribution in [0.4, 0.5) is 5.69 Å². The van der Waals surface area contributed by atoms with E-state index in [1.165, 1.54) is 28.6 Å². The van der Waals surface area contributed by atoms with Crippen LogP contribution in [-0.2, 0) is 14.8 Å². The number of carbonyl (C=O) groups is 2. The molecule has 2 aromatic carbocycles. The van der Waals surface area contributed by atoms with Gasteiger partial charge in [0, 0.05) is 31.7 Å². The molecule has 1 fully saturated rings. The molecular weight excluding hydrogens is 394 g/mol. The summed E-state index contributed by atoms with van der Waals surface area (Å²) in [7, 11) is -3.67. The van der Waals surface area contributed by atoms with Crippen molar-refractivity contribution >= 4 is 28.0 Å². The van der Waals surface area contributed by atoms with E-state index in [2.05, 4.69) is 5.32 Å². The van der Waals surface area contributed by atoms with Crippen LogP contribution < -0.4 is 10.1 Å². The number of anilines is 1. The molecule has 8 nitrogen and oxygen atoms in total. The molecule has 0 spiro atoms. The first-order valence-electron chi connectivity index (χ1n) is 9.28. The summed E-state index contributed by atoms with van der Waals surface area (Å²) in [6, 6.07) is 12.9. The molecule has 0 bridgehead atoms. The minimum Gasteiger partial charge on any atom is -0.492 e. The van der Waals surface area contributed by atoms with E-state index in [9.17, 15) is 18.0 Å². The lowest BCUT2D eigenvalue weighted by Crippen LogP contribution is -2.47. The predicted molar refractivity (Wildman–Crippen MR) is 108 cm³/mol. The van der Waals surface area contributed by atoms with Crippen molar-refractivity contribution in [1.29, 1.82) is 0 Å². The Balaban J connectivity index is 1.71. The monoisotopic (exact) mass is 417 g/mol. The molecule has 0 atom stereocenters. The Morgan fingerprint density at radius 1 is 1.07 bits per heavy atom. The number of sulfonamides is 1. The first kappa shape index (κ1) is 20.8. The Morgan fingerprint density at radius 3 is 2.34 bits per heavy atom. The molecular formula is C20H23N3O5S. The summed E-state index contributed by atoms with van der Waals surface area (Å²) in [5.74, 6) is 0.206. The molecule has 0 aromatic heterocycles. The van der Waals surface area contributed by atoms with Crippen LogP contribution in [0.5, 0.6) is 5.75 Å². The third kappa shape index (κ3) is 4.75. The molecule has 1 aliphatic rings. The van der Waals surface area contributed by atoms with Gasteiger partial charge in [0.25, 0.3) is 5.91 Å². The van der Waals surface area contributed by atoms with E-state index in [-0.39, 0.29) is 23.9 Å². The molecule has 29 heavy (non-hydrogen) atoms. The summed E-state index contributed by atoms with van der Waals surface area (Å²) in [4.78, 5) is 25.0. The highest BCUT2D eigenvalue weighted by Gasteiger charge is 2.28. The molecule has 1 heterocycles. The van der Waals surface area contributed by atoms with Gasteiger partial charge in [0.05, 0.1) is 17.2 Å². The maximum atomic E-state index is 12.8. The van der Waals surface area contributed by atoms with Crippen molar-refractivity contribution in [2.24, 2.45) is 0 Å². The van der Waals surface area contributed by atoms with Gasteiger partial charge in [0.2, 0.25) is 16.4 Å². The Hall–Kier alpha value is -2.91. The van der Waals surface area contributed by atoms with Crippen molar-refractivity contribution in [2.75, 3.05) is 38.1 Å². The van der Waals surface area contributed by atoms with Gasteiger partial charge in [0.15, 0.2) is 0 Å².